The zero-order valence-corrected chi connectivity index (χ0v) is 17.7. The molecule has 3 heterocycles. The van der Waals surface area contributed by atoms with E-state index < -0.39 is 36.2 Å². The fraction of sp³-hybridized carbons (Fsp3) is 0.118. The van der Waals surface area contributed by atoms with Crippen LogP contribution in [-0.2, 0) is 0 Å². The Morgan fingerprint density at radius 3 is 2.53 bits per heavy atom. The standard InChI is InChI=1S/C17H10Cl3F3N6O3/c18-7-2-1-3-25-15(7)29-9(5-11(28-29)32-6-17(21,22)23)16(31)27-12-8(19)4-10(20)26-13(12)14(24)30/h1-5H,6H2,(H2,24,30)(H,27,31). The SMILES string of the molecule is NC(=O)c1nc(Cl)cc(Cl)c1NC(=O)c1cc(OCC(F)(F)F)nn1-c1ncccc1Cl. The van der Waals surface area contributed by atoms with E-state index in [-0.39, 0.29) is 32.4 Å². The number of amides is 2. The minimum atomic E-state index is -4.65. The summed E-state index contributed by atoms with van der Waals surface area (Å²) in [6.07, 6.45) is -3.32. The maximum atomic E-state index is 13.0. The Kier molecular flexibility index (Phi) is 6.77. The largest absolute Gasteiger partial charge is 0.467 e. The van der Waals surface area contributed by atoms with Crippen LogP contribution in [0.2, 0.25) is 15.2 Å². The molecule has 0 aliphatic rings. The molecular formula is C17H10Cl3F3N6O3. The summed E-state index contributed by atoms with van der Waals surface area (Å²) in [5.74, 6) is -2.61. The van der Waals surface area contributed by atoms with Crippen LogP contribution in [-0.4, -0.2) is 44.3 Å². The van der Waals surface area contributed by atoms with Crippen LogP contribution < -0.4 is 15.8 Å². The molecule has 0 saturated carbocycles. The Bertz CT molecular complexity index is 1200. The number of rotatable bonds is 6. The molecule has 0 aromatic carbocycles. The van der Waals surface area contributed by atoms with Crippen LogP contribution in [0.4, 0.5) is 18.9 Å². The topological polar surface area (TPSA) is 125 Å². The van der Waals surface area contributed by atoms with Crippen LogP contribution in [0.3, 0.4) is 0 Å². The second kappa shape index (κ2) is 9.18. The predicted octanol–water partition coefficient (Wildman–Crippen LogP) is 3.91. The number of nitrogens with zero attached hydrogens (tertiary/aromatic N) is 4. The van der Waals surface area contributed by atoms with Gasteiger partial charge in [-0.25, -0.2) is 14.6 Å². The Labute approximate surface area is 192 Å². The van der Waals surface area contributed by atoms with Crippen LogP contribution in [0.25, 0.3) is 5.82 Å². The molecule has 3 N–H and O–H groups in total. The van der Waals surface area contributed by atoms with Crippen LogP contribution in [0.15, 0.2) is 30.5 Å². The van der Waals surface area contributed by atoms with Crippen molar-refractivity contribution in [3.63, 3.8) is 0 Å². The van der Waals surface area contributed by atoms with Gasteiger partial charge in [-0.2, -0.15) is 13.2 Å². The van der Waals surface area contributed by atoms with Gasteiger partial charge < -0.3 is 15.8 Å². The second-order valence-electron chi connectivity index (χ2n) is 5.96. The van der Waals surface area contributed by atoms with Crippen molar-refractivity contribution < 1.29 is 27.5 Å². The average molecular weight is 510 g/mol. The molecule has 3 aromatic heterocycles. The molecule has 0 radical (unpaired) electrons. The van der Waals surface area contributed by atoms with Gasteiger partial charge in [0.15, 0.2) is 18.1 Å². The van der Waals surface area contributed by atoms with E-state index in [2.05, 4.69) is 25.1 Å². The van der Waals surface area contributed by atoms with Gasteiger partial charge in [-0.05, 0) is 18.2 Å². The number of hydrogen-bond acceptors (Lipinski definition) is 6. The third-order valence-corrected chi connectivity index (χ3v) is 4.44. The van der Waals surface area contributed by atoms with E-state index in [1.54, 1.807) is 0 Å². The number of nitrogens with one attached hydrogen (secondary N) is 1. The van der Waals surface area contributed by atoms with Crippen LogP contribution in [0.1, 0.15) is 21.0 Å². The molecule has 3 rings (SSSR count). The van der Waals surface area contributed by atoms with E-state index in [4.69, 9.17) is 40.5 Å². The number of carbonyl (C=O) groups excluding carboxylic acids is 2. The number of pyridine rings is 2. The van der Waals surface area contributed by atoms with Crippen molar-refractivity contribution in [2.75, 3.05) is 11.9 Å². The molecule has 0 unspecified atom stereocenters. The first kappa shape index (κ1) is 23.6. The third-order valence-electron chi connectivity index (χ3n) is 3.65. The number of nitrogens with two attached hydrogens (primary N) is 1. The highest BCUT2D eigenvalue weighted by molar-refractivity contribution is 6.37. The van der Waals surface area contributed by atoms with E-state index in [1.807, 2.05) is 0 Å². The number of anilines is 1. The fourth-order valence-electron chi connectivity index (χ4n) is 2.40. The summed E-state index contributed by atoms with van der Waals surface area (Å²) >= 11 is 17.9. The fourth-order valence-corrected chi connectivity index (χ4v) is 3.09. The van der Waals surface area contributed by atoms with Gasteiger partial charge in [0.1, 0.15) is 10.8 Å². The summed E-state index contributed by atoms with van der Waals surface area (Å²) in [5.41, 5.74) is 4.20. The van der Waals surface area contributed by atoms with Crippen molar-refractivity contribution in [3.05, 3.63) is 57.0 Å². The van der Waals surface area contributed by atoms with Gasteiger partial charge in [0, 0.05) is 12.3 Å². The second-order valence-corrected chi connectivity index (χ2v) is 7.16. The third kappa shape index (κ3) is 5.39. The molecule has 0 aliphatic carbocycles. The highest BCUT2D eigenvalue weighted by Crippen LogP contribution is 2.29. The summed E-state index contributed by atoms with van der Waals surface area (Å²) in [6, 6.07) is 4.99. The van der Waals surface area contributed by atoms with Crippen molar-refractivity contribution in [1.82, 2.24) is 19.7 Å². The van der Waals surface area contributed by atoms with Crippen LogP contribution in [0.5, 0.6) is 5.88 Å². The lowest BCUT2D eigenvalue weighted by Gasteiger charge is -2.12. The zero-order chi connectivity index (χ0) is 23.6. The molecule has 168 valence electrons. The van der Waals surface area contributed by atoms with Crippen LogP contribution >= 0.6 is 34.8 Å². The van der Waals surface area contributed by atoms with Gasteiger partial charge in [-0.3, -0.25) is 9.59 Å². The van der Waals surface area contributed by atoms with E-state index in [0.717, 1.165) is 16.8 Å². The number of alkyl halides is 3. The first-order chi connectivity index (χ1) is 15.0. The molecule has 0 spiro atoms. The lowest BCUT2D eigenvalue weighted by molar-refractivity contribution is -0.154. The Balaban J connectivity index is 2.05. The lowest BCUT2D eigenvalue weighted by atomic mass is 10.2. The quantitative estimate of drug-likeness (QED) is 0.485. The number of primary amides is 1. The van der Waals surface area contributed by atoms with Gasteiger partial charge in [-0.1, -0.05) is 34.8 Å². The van der Waals surface area contributed by atoms with Gasteiger partial charge >= 0.3 is 6.18 Å². The molecule has 0 fully saturated rings. The van der Waals surface area contributed by atoms with Gasteiger partial charge in [0.2, 0.25) is 5.88 Å². The molecule has 2 amide bonds. The summed E-state index contributed by atoms with van der Waals surface area (Å²) in [6.45, 7) is -1.65. The van der Waals surface area contributed by atoms with Crippen LogP contribution in [0, 0.1) is 0 Å². The molecule has 15 heteroatoms. The lowest BCUT2D eigenvalue weighted by Crippen LogP contribution is -2.22. The minimum absolute atomic E-state index is 0.0380. The summed E-state index contributed by atoms with van der Waals surface area (Å²) < 4.78 is 43.1. The number of carbonyl (C=O) groups is 2. The first-order valence-electron chi connectivity index (χ1n) is 8.34. The first-order valence-corrected chi connectivity index (χ1v) is 9.47. The summed E-state index contributed by atoms with van der Waals surface area (Å²) in [4.78, 5) is 32.3. The van der Waals surface area contributed by atoms with E-state index >= 15 is 0 Å². The maximum Gasteiger partial charge on any atom is 0.422 e. The van der Waals surface area contributed by atoms with Crippen molar-refractivity contribution >= 4 is 52.3 Å². The number of halogens is 6. The molecule has 0 bridgehead atoms. The van der Waals surface area contributed by atoms with E-state index in [1.165, 1.54) is 18.3 Å². The maximum absolute atomic E-state index is 13.0. The van der Waals surface area contributed by atoms with Gasteiger partial charge in [0.05, 0.1) is 15.7 Å². The monoisotopic (exact) mass is 508 g/mol. The van der Waals surface area contributed by atoms with Crippen molar-refractivity contribution in [2.45, 2.75) is 6.18 Å². The highest BCUT2D eigenvalue weighted by atomic mass is 35.5. The predicted molar refractivity (Wildman–Crippen MR) is 109 cm³/mol. The minimum Gasteiger partial charge on any atom is -0.467 e. The van der Waals surface area contributed by atoms with Crippen molar-refractivity contribution in [3.8, 4) is 11.7 Å². The molecule has 9 nitrogen and oxygen atoms in total. The normalized spacial score (nSPS) is 11.3. The zero-order valence-electron chi connectivity index (χ0n) is 15.5. The summed E-state index contributed by atoms with van der Waals surface area (Å²) in [7, 11) is 0. The number of aromatic nitrogens is 4. The Morgan fingerprint density at radius 2 is 1.91 bits per heavy atom. The van der Waals surface area contributed by atoms with E-state index in [0.29, 0.717) is 0 Å². The Morgan fingerprint density at radius 1 is 1.19 bits per heavy atom. The van der Waals surface area contributed by atoms with E-state index in [9.17, 15) is 22.8 Å². The Hall–Kier alpha value is -3.09. The highest BCUT2D eigenvalue weighted by Gasteiger charge is 2.30. The number of hydrogen-bond donors (Lipinski definition) is 2. The smallest absolute Gasteiger partial charge is 0.422 e. The average Bonchev–Trinajstić information content (AvgIpc) is 3.12. The molecule has 0 atom stereocenters. The molecule has 0 saturated heterocycles. The van der Waals surface area contributed by atoms with Gasteiger partial charge in [0.25, 0.3) is 11.8 Å². The number of ether oxygens (including phenoxy) is 1. The molecular weight excluding hydrogens is 500 g/mol. The molecule has 32 heavy (non-hydrogen) atoms. The van der Waals surface area contributed by atoms with Gasteiger partial charge in [-0.15, -0.1) is 5.10 Å². The van der Waals surface area contributed by atoms with Crippen molar-refractivity contribution in [1.29, 1.82) is 0 Å². The summed E-state index contributed by atoms with van der Waals surface area (Å²) in [5, 5.41) is 5.86. The molecule has 3 aromatic rings. The van der Waals surface area contributed by atoms with Crippen molar-refractivity contribution in [2.24, 2.45) is 5.73 Å². The molecule has 0 aliphatic heterocycles.